The first-order chi connectivity index (χ1) is 17.7. The number of carbonyl (C=O) groups is 2. The Bertz CT molecular complexity index is 1610. The van der Waals surface area contributed by atoms with E-state index in [9.17, 15) is 19.5 Å². The fraction of sp³-hybridized carbons (Fsp3) is 0.138. The zero-order valence-corrected chi connectivity index (χ0v) is 22.1. The number of aliphatic hydroxyl groups is 1. The first-order valence-electron chi connectivity index (χ1n) is 11.7. The van der Waals surface area contributed by atoms with E-state index in [0.717, 1.165) is 14.9 Å². The summed E-state index contributed by atoms with van der Waals surface area (Å²) in [5, 5.41) is 11.1. The number of anilines is 1. The average molecular weight is 558 g/mol. The lowest BCUT2D eigenvalue weighted by molar-refractivity contribution is -0.123. The Kier molecular flexibility index (Phi) is 6.21. The molecule has 5 rings (SSSR count). The fourth-order valence-electron chi connectivity index (χ4n) is 4.72. The van der Waals surface area contributed by atoms with Crippen molar-refractivity contribution in [2.75, 3.05) is 4.90 Å². The summed E-state index contributed by atoms with van der Waals surface area (Å²) in [6.45, 7) is 3.62. The maximum Gasteiger partial charge on any atom is 0.295 e. The summed E-state index contributed by atoms with van der Waals surface area (Å²) in [5.41, 5.74) is 2.52. The van der Waals surface area contributed by atoms with Crippen LogP contribution in [0.5, 0.6) is 0 Å². The van der Waals surface area contributed by atoms with Crippen molar-refractivity contribution >= 4 is 38.9 Å². The zero-order valence-electron chi connectivity index (χ0n) is 20.5. The lowest BCUT2D eigenvalue weighted by Crippen LogP contribution is -2.47. The molecule has 186 valence electrons. The van der Waals surface area contributed by atoms with Gasteiger partial charge in [0.15, 0.2) is 11.5 Å². The lowest BCUT2D eigenvalue weighted by Gasteiger charge is -2.34. The van der Waals surface area contributed by atoms with E-state index in [1.54, 1.807) is 67.2 Å². The molecule has 0 saturated carbocycles. The molecule has 1 aliphatic heterocycles. The Morgan fingerprint density at radius 1 is 0.838 bits per heavy atom. The molecule has 3 aromatic carbocycles. The summed E-state index contributed by atoms with van der Waals surface area (Å²) in [4.78, 5) is 42.9. The quantitative estimate of drug-likeness (QED) is 0.374. The van der Waals surface area contributed by atoms with Crippen LogP contribution in [0.1, 0.15) is 28.4 Å². The van der Waals surface area contributed by atoms with Gasteiger partial charge in [-0.1, -0.05) is 76.1 Å². The van der Waals surface area contributed by atoms with Crippen molar-refractivity contribution in [1.82, 2.24) is 9.36 Å². The minimum Gasteiger partial charge on any atom is -0.502 e. The molecule has 8 heteroatoms. The molecule has 1 unspecified atom stereocenters. The highest BCUT2D eigenvalue weighted by molar-refractivity contribution is 9.10. The van der Waals surface area contributed by atoms with Gasteiger partial charge in [-0.05, 0) is 49.2 Å². The standard InChI is InChI=1S/C29H24BrN3O4/c1-17-9-11-19(12-10-17)23-26(34)25(20-13-15-21(30)16-14-20)32(29(37)27(23)35)24-18(2)31(3)33(28(24)36)22-7-5-4-6-8-22/h4-16,25,35H,1-3H3. The van der Waals surface area contributed by atoms with Gasteiger partial charge in [-0.25, -0.2) is 4.68 Å². The first kappa shape index (κ1) is 24.5. The van der Waals surface area contributed by atoms with E-state index < -0.39 is 29.1 Å². The van der Waals surface area contributed by atoms with E-state index in [2.05, 4.69) is 15.9 Å². The molecule has 0 saturated heterocycles. The Hall–Kier alpha value is -4.17. The summed E-state index contributed by atoms with van der Waals surface area (Å²) in [6, 6.07) is 21.9. The van der Waals surface area contributed by atoms with Crippen molar-refractivity contribution < 1.29 is 14.7 Å². The van der Waals surface area contributed by atoms with Gasteiger partial charge in [0, 0.05) is 11.5 Å². The molecular weight excluding hydrogens is 534 g/mol. The maximum absolute atomic E-state index is 14.1. The van der Waals surface area contributed by atoms with E-state index in [1.807, 2.05) is 37.3 Å². The Balaban J connectivity index is 1.77. The summed E-state index contributed by atoms with van der Waals surface area (Å²) in [5.74, 6) is -1.97. The van der Waals surface area contributed by atoms with Gasteiger partial charge in [-0.2, -0.15) is 0 Å². The van der Waals surface area contributed by atoms with Crippen LogP contribution >= 0.6 is 15.9 Å². The molecule has 0 aliphatic carbocycles. The Morgan fingerprint density at radius 3 is 2.08 bits per heavy atom. The van der Waals surface area contributed by atoms with Crippen molar-refractivity contribution in [3.8, 4) is 5.69 Å². The van der Waals surface area contributed by atoms with Crippen LogP contribution in [0.4, 0.5) is 5.69 Å². The molecule has 7 nitrogen and oxygen atoms in total. The van der Waals surface area contributed by atoms with Crippen LogP contribution in [-0.4, -0.2) is 26.2 Å². The molecule has 1 N–H and O–H groups in total. The van der Waals surface area contributed by atoms with E-state index in [-0.39, 0.29) is 11.3 Å². The van der Waals surface area contributed by atoms with E-state index in [0.29, 0.717) is 22.5 Å². The highest BCUT2D eigenvalue weighted by atomic mass is 79.9. The molecule has 1 aliphatic rings. The SMILES string of the molecule is Cc1ccc(C2=C(O)C(=O)N(c3c(C)n(C)n(-c4ccccc4)c3=O)C(c3ccc(Br)cc3)C2=O)cc1. The highest BCUT2D eigenvalue weighted by Crippen LogP contribution is 2.39. The predicted molar refractivity (Wildman–Crippen MR) is 146 cm³/mol. The number of rotatable bonds is 4. The van der Waals surface area contributed by atoms with Crippen molar-refractivity contribution in [2.24, 2.45) is 7.05 Å². The Morgan fingerprint density at radius 2 is 1.46 bits per heavy atom. The minimum atomic E-state index is -1.15. The third kappa shape index (κ3) is 4.03. The number of halogens is 1. The van der Waals surface area contributed by atoms with Crippen LogP contribution in [0.2, 0.25) is 0 Å². The predicted octanol–water partition coefficient (Wildman–Crippen LogP) is 5.18. The third-order valence-electron chi connectivity index (χ3n) is 6.70. The largest absolute Gasteiger partial charge is 0.502 e. The van der Waals surface area contributed by atoms with Crippen molar-refractivity contribution in [3.05, 3.63) is 122 Å². The van der Waals surface area contributed by atoms with Gasteiger partial charge in [-0.15, -0.1) is 0 Å². The zero-order chi connectivity index (χ0) is 26.4. The summed E-state index contributed by atoms with van der Waals surface area (Å²) < 4.78 is 3.88. The summed E-state index contributed by atoms with van der Waals surface area (Å²) >= 11 is 3.41. The van der Waals surface area contributed by atoms with Crippen LogP contribution in [0.15, 0.2) is 93.9 Å². The first-order valence-corrected chi connectivity index (χ1v) is 12.5. The number of carbonyl (C=O) groups excluding carboxylic acids is 2. The molecule has 0 spiro atoms. The molecule has 37 heavy (non-hydrogen) atoms. The topological polar surface area (TPSA) is 84.5 Å². The molecule has 0 fully saturated rings. The van der Waals surface area contributed by atoms with Crippen molar-refractivity contribution in [2.45, 2.75) is 19.9 Å². The molecule has 0 bridgehead atoms. The lowest BCUT2D eigenvalue weighted by atomic mass is 9.87. The molecule has 0 radical (unpaired) electrons. The molecule has 4 aromatic rings. The average Bonchev–Trinajstić information content (AvgIpc) is 3.11. The maximum atomic E-state index is 14.1. The van der Waals surface area contributed by atoms with E-state index in [1.165, 1.54) is 4.68 Å². The van der Waals surface area contributed by atoms with Crippen molar-refractivity contribution in [3.63, 3.8) is 0 Å². The van der Waals surface area contributed by atoms with Crippen LogP contribution < -0.4 is 10.5 Å². The number of aromatic nitrogens is 2. The van der Waals surface area contributed by atoms with Gasteiger partial charge in [-0.3, -0.25) is 24.0 Å². The van der Waals surface area contributed by atoms with Gasteiger partial charge in [0.1, 0.15) is 11.7 Å². The minimum absolute atomic E-state index is 0.0344. The van der Waals surface area contributed by atoms with E-state index >= 15 is 0 Å². The smallest absolute Gasteiger partial charge is 0.295 e. The number of benzene rings is 3. The number of amides is 1. The second-order valence-electron chi connectivity index (χ2n) is 8.99. The number of hydrogen-bond acceptors (Lipinski definition) is 4. The van der Waals surface area contributed by atoms with E-state index in [4.69, 9.17) is 0 Å². The van der Waals surface area contributed by atoms with Gasteiger partial charge in [0.05, 0.1) is 17.0 Å². The number of hydrogen-bond donors (Lipinski definition) is 1. The molecular formula is C29H24BrN3O4. The van der Waals surface area contributed by atoms with Crippen LogP contribution in [0.3, 0.4) is 0 Å². The monoisotopic (exact) mass is 557 g/mol. The van der Waals surface area contributed by atoms with Gasteiger partial charge < -0.3 is 5.11 Å². The van der Waals surface area contributed by atoms with Gasteiger partial charge in [0.25, 0.3) is 11.5 Å². The number of Topliss-reactive ketones (excluding diaryl/α,β-unsaturated/α-hetero) is 1. The summed E-state index contributed by atoms with van der Waals surface area (Å²) in [7, 11) is 1.71. The number of para-hydroxylation sites is 1. The second kappa shape index (κ2) is 9.37. The number of aliphatic hydroxyl groups excluding tert-OH is 1. The van der Waals surface area contributed by atoms with Crippen LogP contribution in [0, 0.1) is 13.8 Å². The second-order valence-corrected chi connectivity index (χ2v) is 9.91. The highest BCUT2D eigenvalue weighted by Gasteiger charge is 2.45. The number of nitrogens with zero attached hydrogens (tertiary/aromatic N) is 3. The Labute approximate surface area is 222 Å². The number of ketones is 1. The summed E-state index contributed by atoms with van der Waals surface area (Å²) in [6.07, 6.45) is 0. The molecule has 1 aromatic heterocycles. The van der Waals surface area contributed by atoms with Crippen LogP contribution in [0.25, 0.3) is 11.3 Å². The third-order valence-corrected chi connectivity index (χ3v) is 7.23. The van der Waals surface area contributed by atoms with Gasteiger partial charge >= 0.3 is 0 Å². The molecule has 1 amide bonds. The number of aryl methyl sites for hydroxylation is 1. The molecule has 1 atom stereocenters. The fourth-order valence-corrected chi connectivity index (χ4v) is 4.98. The van der Waals surface area contributed by atoms with Crippen LogP contribution in [-0.2, 0) is 16.6 Å². The molecule has 2 heterocycles. The normalized spacial score (nSPS) is 16.0. The van der Waals surface area contributed by atoms with Crippen molar-refractivity contribution in [1.29, 1.82) is 0 Å². The van der Waals surface area contributed by atoms with Gasteiger partial charge in [0.2, 0.25) is 0 Å².